The lowest BCUT2D eigenvalue weighted by Gasteiger charge is -2.18. The zero-order chi connectivity index (χ0) is 17.5. The van der Waals surface area contributed by atoms with Crippen LogP contribution in [0.4, 0.5) is 5.69 Å². The Labute approximate surface area is 137 Å². The van der Waals surface area contributed by atoms with E-state index in [1.807, 2.05) is 0 Å². The van der Waals surface area contributed by atoms with Crippen LogP contribution in [0.15, 0.2) is 29.2 Å². The van der Waals surface area contributed by atoms with Gasteiger partial charge in [0.25, 0.3) is 0 Å². The van der Waals surface area contributed by atoms with Gasteiger partial charge < -0.3 is 10.6 Å². The average molecular weight is 341 g/mol. The van der Waals surface area contributed by atoms with Crippen molar-refractivity contribution in [1.82, 2.24) is 9.62 Å². The number of nitrogens with one attached hydrogen (secondary N) is 2. The molecule has 0 aliphatic heterocycles. The lowest BCUT2D eigenvalue weighted by molar-refractivity contribution is -0.119. The van der Waals surface area contributed by atoms with Gasteiger partial charge in [-0.15, -0.1) is 0 Å². The van der Waals surface area contributed by atoms with Crippen LogP contribution in [0.2, 0.25) is 0 Å². The zero-order valence-electron chi connectivity index (χ0n) is 13.6. The molecule has 0 heterocycles. The highest BCUT2D eigenvalue weighted by molar-refractivity contribution is 7.89. The second-order valence-electron chi connectivity index (χ2n) is 4.90. The van der Waals surface area contributed by atoms with Crippen molar-refractivity contribution in [3.05, 3.63) is 24.3 Å². The SMILES string of the molecule is CCN(CC)S(=O)(=O)c1cccc(NC(=O)CCNC(C)=O)c1. The fraction of sp³-hybridized carbons (Fsp3) is 0.467. The Hall–Kier alpha value is -1.93. The third-order valence-electron chi connectivity index (χ3n) is 3.19. The summed E-state index contributed by atoms with van der Waals surface area (Å²) in [4.78, 5) is 22.7. The van der Waals surface area contributed by atoms with Gasteiger partial charge >= 0.3 is 0 Å². The summed E-state index contributed by atoms with van der Waals surface area (Å²) in [5.41, 5.74) is 0.408. The topological polar surface area (TPSA) is 95.6 Å². The summed E-state index contributed by atoms with van der Waals surface area (Å²) in [6.45, 7) is 5.92. The van der Waals surface area contributed by atoms with Gasteiger partial charge in [0, 0.05) is 38.7 Å². The predicted octanol–water partition coefficient (Wildman–Crippen LogP) is 1.18. The molecule has 8 heteroatoms. The molecule has 0 radical (unpaired) electrons. The number of hydrogen-bond donors (Lipinski definition) is 2. The Morgan fingerprint density at radius 3 is 2.39 bits per heavy atom. The van der Waals surface area contributed by atoms with Crippen molar-refractivity contribution in [2.45, 2.75) is 32.1 Å². The Balaban J connectivity index is 2.81. The molecule has 0 fully saturated rings. The van der Waals surface area contributed by atoms with Crippen LogP contribution in [0.1, 0.15) is 27.2 Å². The molecule has 2 N–H and O–H groups in total. The van der Waals surface area contributed by atoms with Crippen LogP contribution in [0, 0.1) is 0 Å². The lowest BCUT2D eigenvalue weighted by Crippen LogP contribution is -2.30. The van der Waals surface area contributed by atoms with Crippen LogP contribution in [0.3, 0.4) is 0 Å². The Morgan fingerprint density at radius 2 is 1.83 bits per heavy atom. The van der Waals surface area contributed by atoms with E-state index < -0.39 is 10.0 Å². The van der Waals surface area contributed by atoms with Crippen LogP contribution in [-0.2, 0) is 19.6 Å². The number of sulfonamides is 1. The van der Waals surface area contributed by atoms with Crippen molar-refractivity contribution in [2.75, 3.05) is 25.0 Å². The molecule has 128 valence electrons. The molecular formula is C15H23N3O4S. The minimum Gasteiger partial charge on any atom is -0.356 e. The van der Waals surface area contributed by atoms with Crippen LogP contribution in [0.5, 0.6) is 0 Å². The largest absolute Gasteiger partial charge is 0.356 e. The third kappa shape index (κ3) is 5.65. The first-order chi connectivity index (χ1) is 10.8. The van der Waals surface area contributed by atoms with Gasteiger partial charge in [0.1, 0.15) is 0 Å². The van der Waals surface area contributed by atoms with Crippen molar-refractivity contribution in [1.29, 1.82) is 0 Å². The maximum Gasteiger partial charge on any atom is 0.243 e. The van der Waals surface area contributed by atoms with Crippen LogP contribution < -0.4 is 10.6 Å². The molecule has 0 spiro atoms. The summed E-state index contributed by atoms with van der Waals surface area (Å²) in [7, 11) is -3.56. The standard InChI is InChI=1S/C15H23N3O4S/c1-4-18(5-2)23(21,22)14-8-6-7-13(11-14)17-15(20)9-10-16-12(3)19/h6-8,11H,4-5,9-10H2,1-3H3,(H,16,19)(H,17,20). The van der Waals surface area contributed by atoms with E-state index in [0.717, 1.165) is 0 Å². The first-order valence-electron chi connectivity index (χ1n) is 7.45. The zero-order valence-corrected chi connectivity index (χ0v) is 14.4. The van der Waals surface area contributed by atoms with Crippen molar-refractivity contribution >= 4 is 27.5 Å². The second kappa shape index (κ2) is 8.64. The van der Waals surface area contributed by atoms with Crippen LogP contribution in [0.25, 0.3) is 0 Å². The Kier molecular flexibility index (Phi) is 7.18. The summed E-state index contributed by atoms with van der Waals surface area (Å²) < 4.78 is 26.2. The van der Waals surface area contributed by atoms with Crippen molar-refractivity contribution in [2.24, 2.45) is 0 Å². The quantitative estimate of drug-likeness (QED) is 0.742. The van der Waals surface area contributed by atoms with Gasteiger partial charge in [-0.05, 0) is 18.2 Å². The van der Waals surface area contributed by atoms with E-state index in [-0.39, 0.29) is 29.7 Å². The van der Waals surface area contributed by atoms with Crippen molar-refractivity contribution < 1.29 is 18.0 Å². The van der Waals surface area contributed by atoms with Gasteiger partial charge in [-0.3, -0.25) is 9.59 Å². The maximum atomic E-state index is 12.4. The third-order valence-corrected chi connectivity index (χ3v) is 5.23. The van der Waals surface area contributed by atoms with Gasteiger partial charge in [0.05, 0.1) is 4.90 Å². The number of amides is 2. The van der Waals surface area contributed by atoms with Gasteiger partial charge in [0.15, 0.2) is 0 Å². The molecule has 0 saturated heterocycles. The summed E-state index contributed by atoms with van der Waals surface area (Å²) >= 11 is 0. The molecular weight excluding hydrogens is 318 g/mol. The maximum absolute atomic E-state index is 12.4. The molecule has 0 aliphatic rings. The van der Waals surface area contributed by atoms with Crippen molar-refractivity contribution in [3.63, 3.8) is 0 Å². The minimum atomic E-state index is -3.56. The predicted molar refractivity (Wildman–Crippen MR) is 88.5 cm³/mol. The molecule has 2 amide bonds. The van der Waals surface area contributed by atoms with E-state index in [0.29, 0.717) is 18.8 Å². The van der Waals surface area contributed by atoms with E-state index in [1.54, 1.807) is 26.0 Å². The van der Waals surface area contributed by atoms with E-state index in [2.05, 4.69) is 10.6 Å². The van der Waals surface area contributed by atoms with Crippen LogP contribution in [-0.4, -0.2) is 44.2 Å². The molecule has 0 bridgehead atoms. The normalized spacial score (nSPS) is 11.3. The second-order valence-corrected chi connectivity index (χ2v) is 6.84. The Bertz CT molecular complexity index is 654. The highest BCUT2D eigenvalue weighted by Crippen LogP contribution is 2.19. The summed E-state index contributed by atoms with van der Waals surface area (Å²) in [6.07, 6.45) is 0.118. The number of anilines is 1. The number of rotatable bonds is 8. The van der Waals surface area contributed by atoms with E-state index in [4.69, 9.17) is 0 Å². The highest BCUT2D eigenvalue weighted by atomic mass is 32.2. The molecule has 23 heavy (non-hydrogen) atoms. The van der Waals surface area contributed by atoms with Gasteiger partial charge in [0.2, 0.25) is 21.8 Å². The first kappa shape index (κ1) is 19.1. The highest BCUT2D eigenvalue weighted by Gasteiger charge is 2.21. The van der Waals surface area contributed by atoms with E-state index in [9.17, 15) is 18.0 Å². The van der Waals surface area contributed by atoms with Gasteiger partial charge in [-0.25, -0.2) is 8.42 Å². The molecule has 0 unspecified atom stereocenters. The number of hydrogen-bond acceptors (Lipinski definition) is 4. The molecule has 0 saturated carbocycles. The molecule has 0 aliphatic carbocycles. The smallest absolute Gasteiger partial charge is 0.243 e. The molecule has 0 atom stereocenters. The average Bonchev–Trinajstić information content (AvgIpc) is 2.48. The summed E-state index contributed by atoms with van der Waals surface area (Å²) in [5, 5.41) is 5.16. The van der Waals surface area contributed by atoms with Gasteiger partial charge in [-0.1, -0.05) is 19.9 Å². The van der Waals surface area contributed by atoms with E-state index in [1.165, 1.54) is 23.4 Å². The number of nitrogens with zero attached hydrogens (tertiary/aromatic N) is 1. The lowest BCUT2D eigenvalue weighted by atomic mass is 10.3. The fourth-order valence-corrected chi connectivity index (χ4v) is 3.53. The molecule has 1 aromatic carbocycles. The van der Waals surface area contributed by atoms with E-state index >= 15 is 0 Å². The number of carbonyl (C=O) groups excluding carboxylic acids is 2. The van der Waals surface area contributed by atoms with Crippen LogP contribution >= 0.6 is 0 Å². The monoisotopic (exact) mass is 341 g/mol. The first-order valence-corrected chi connectivity index (χ1v) is 8.89. The Morgan fingerprint density at radius 1 is 1.17 bits per heavy atom. The summed E-state index contributed by atoms with van der Waals surface area (Å²) in [5.74, 6) is -0.499. The minimum absolute atomic E-state index is 0.118. The fourth-order valence-electron chi connectivity index (χ4n) is 2.02. The molecule has 1 aromatic rings. The molecule has 7 nitrogen and oxygen atoms in total. The van der Waals surface area contributed by atoms with Gasteiger partial charge in [-0.2, -0.15) is 4.31 Å². The molecule has 0 aromatic heterocycles. The molecule has 1 rings (SSSR count). The summed E-state index contributed by atoms with van der Waals surface area (Å²) in [6, 6.07) is 6.14. The number of benzene rings is 1. The van der Waals surface area contributed by atoms with Crippen molar-refractivity contribution in [3.8, 4) is 0 Å². The number of carbonyl (C=O) groups is 2.